The van der Waals surface area contributed by atoms with Gasteiger partial charge >= 0.3 is 0 Å². The zero-order valence-corrected chi connectivity index (χ0v) is 39.9. The number of hydrogen-bond acceptors (Lipinski definition) is 5. The van der Waals surface area contributed by atoms with E-state index in [9.17, 15) is 0 Å². The number of para-hydroxylation sites is 6. The Labute approximate surface area is 412 Å². The molecule has 6 heteroatoms. The predicted octanol–water partition coefficient (Wildman–Crippen LogP) is 17.3. The Morgan fingerprint density at radius 3 is 1.19 bits per heavy atom. The lowest BCUT2D eigenvalue weighted by Gasteiger charge is -2.34. The summed E-state index contributed by atoms with van der Waals surface area (Å²) < 4.78 is 17.9. The van der Waals surface area contributed by atoms with Crippen molar-refractivity contribution in [2.24, 2.45) is 0 Å². The van der Waals surface area contributed by atoms with Gasteiger partial charge in [0.05, 0.1) is 17.1 Å². The molecule has 0 aliphatic carbocycles. The molecule has 0 N–H and O–H groups in total. The Hall–Kier alpha value is -8.47. The van der Waals surface area contributed by atoms with Crippen molar-refractivity contribution >= 4 is 117 Å². The van der Waals surface area contributed by atoms with Gasteiger partial charge in [0.2, 0.25) is 0 Å². The molecule has 0 amide bonds. The molecule has 70 heavy (non-hydrogen) atoms. The molecule has 0 unspecified atom stereocenters. The maximum absolute atomic E-state index is 15.5. The summed E-state index contributed by atoms with van der Waals surface area (Å²) in [4.78, 5) is 7.07. The van der Waals surface area contributed by atoms with Crippen molar-refractivity contribution in [1.82, 2.24) is 0 Å². The second-order valence-corrected chi connectivity index (χ2v) is 21.1. The van der Waals surface area contributed by atoms with Crippen LogP contribution in [0.4, 0.5) is 51.2 Å². The van der Waals surface area contributed by atoms with E-state index >= 15 is 4.57 Å². The third-order valence-electron chi connectivity index (χ3n) is 13.1. The van der Waals surface area contributed by atoms with Crippen LogP contribution in [-0.4, -0.2) is 0 Å². The zero-order chi connectivity index (χ0) is 46.9. The lowest BCUT2D eigenvalue weighted by molar-refractivity contribution is 0.592. The first-order chi connectivity index (χ1) is 34.6. The number of hydrogen-bond donors (Lipinski definition) is 0. The normalized spacial score (nSPS) is 11.5. The van der Waals surface area contributed by atoms with E-state index in [1.54, 1.807) is 0 Å². The lowest BCUT2D eigenvalue weighted by atomic mass is 10.00. The van der Waals surface area contributed by atoms with Crippen LogP contribution in [0.5, 0.6) is 0 Å². The van der Waals surface area contributed by atoms with Gasteiger partial charge in [-0.3, -0.25) is 0 Å². The quantitative estimate of drug-likeness (QED) is 0.114. The summed E-state index contributed by atoms with van der Waals surface area (Å²) in [7, 11) is -3.20. The molecular weight excluding hydrogens is 890 g/mol. The largest absolute Gasteiger partial charge is 0.310 e. The fourth-order valence-electron chi connectivity index (χ4n) is 9.90. The van der Waals surface area contributed by atoms with E-state index in [2.05, 4.69) is 233 Å². The predicted molar refractivity (Wildman–Crippen MR) is 300 cm³/mol. The van der Waals surface area contributed by atoms with Crippen LogP contribution in [0.2, 0.25) is 0 Å². The summed E-state index contributed by atoms with van der Waals surface area (Å²) in [5, 5.41) is 7.22. The average Bonchev–Trinajstić information content (AvgIpc) is 3.81. The average molecular weight is 936 g/mol. The lowest BCUT2D eigenvalue weighted by Crippen LogP contribution is -2.25. The van der Waals surface area contributed by atoms with Gasteiger partial charge in [-0.15, -0.1) is 11.3 Å². The van der Waals surface area contributed by atoms with Gasteiger partial charge in [-0.1, -0.05) is 170 Å². The smallest absolute Gasteiger partial charge is 0.171 e. The third kappa shape index (κ3) is 7.72. The molecule has 0 saturated carbocycles. The molecule has 12 rings (SSSR count). The number of benzene rings is 11. The number of nitrogens with zero attached hydrogens (tertiary/aromatic N) is 3. The molecule has 0 aliphatic rings. The summed E-state index contributed by atoms with van der Waals surface area (Å²) in [6.07, 6.45) is 0. The van der Waals surface area contributed by atoms with Gasteiger partial charge in [0, 0.05) is 75.6 Å². The van der Waals surface area contributed by atoms with Crippen LogP contribution in [0.25, 0.3) is 30.9 Å². The Morgan fingerprint density at radius 2 is 0.657 bits per heavy atom. The first-order valence-corrected chi connectivity index (χ1v) is 26.1. The first-order valence-electron chi connectivity index (χ1n) is 23.5. The van der Waals surface area contributed by atoms with Gasteiger partial charge in [-0.25, -0.2) is 0 Å². The van der Waals surface area contributed by atoms with E-state index in [0.717, 1.165) is 72.5 Å². The van der Waals surface area contributed by atoms with Gasteiger partial charge in [-0.2, -0.15) is 0 Å². The monoisotopic (exact) mass is 935 g/mol. The fraction of sp³-hybridized carbons (Fsp3) is 0. The molecular formula is C64H46N3OPS. The van der Waals surface area contributed by atoms with Gasteiger partial charge in [0.15, 0.2) is 7.14 Å². The summed E-state index contributed by atoms with van der Waals surface area (Å²) in [6, 6.07) is 97.4. The second-order valence-electron chi connectivity index (χ2n) is 17.2. The SMILES string of the molecule is O=P(c1ccccc1)(c1ccccc1)c1ccc(N(c2ccccc2)c2ccccc2N(c2ccccc2)c2cc3sc4ccc(N(c5ccccc5)c5ccccc5)cc4c3c3ccccc23)cc1. The summed E-state index contributed by atoms with van der Waals surface area (Å²) in [5.74, 6) is 0. The minimum absolute atomic E-state index is 0.781. The van der Waals surface area contributed by atoms with E-state index in [-0.39, 0.29) is 0 Å². The van der Waals surface area contributed by atoms with E-state index in [1.165, 1.54) is 25.6 Å². The molecule has 12 aromatic rings. The summed E-state index contributed by atoms with van der Waals surface area (Å²) in [6.45, 7) is 0. The van der Waals surface area contributed by atoms with Crippen molar-refractivity contribution < 1.29 is 4.57 Å². The van der Waals surface area contributed by atoms with Gasteiger partial charge in [0.1, 0.15) is 0 Å². The maximum atomic E-state index is 15.5. The zero-order valence-electron chi connectivity index (χ0n) is 38.2. The summed E-state index contributed by atoms with van der Waals surface area (Å²) >= 11 is 1.84. The van der Waals surface area contributed by atoms with Crippen molar-refractivity contribution in [3.63, 3.8) is 0 Å². The third-order valence-corrected chi connectivity index (χ3v) is 17.3. The molecule has 1 aromatic heterocycles. The highest BCUT2D eigenvalue weighted by Gasteiger charge is 2.31. The Balaban J connectivity index is 1.04. The number of anilines is 9. The molecule has 0 radical (unpaired) electrons. The van der Waals surface area contributed by atoms with Gasteiger partial charge in [-0.05, 0) is 115 Å². The van der Waals surface area contributed by atoms with Gasteiger partial charge in [0.25, 0.3) is 0 Å². The Morgan fingerprint density at radius 1 is 0.271 bits per heavy atom. The summed E-state index contributed by atoms with van der Waals surface area (Å²) in [5.41, 5.74) is 9.40. The molecule has 334 valence electrons. The standard InChI is InChI=1S/C64H46N3OPS/c68-69(53-31-15-5-16-32-53,54-33-17-6-18-34-54)55-42-39-51(40-43-55)66(49-27-11-3-12-28-49)59-37-21-22-38-60(59)67(50-29-13-4-14-30-50)61-46-63-64(57-36-20-19-35-56(57)61)58-45-52(41-44-62(58)70-63)65(47-23-7-1-8-24-47)48-25-9-2-10-26-48/h1-46H. The molecule has 11 aromatic carbocycles. The molecule has 0 fully saturated rings. The van der Waals surface area contributed by atoms with Crippen molar-refractivity contribution in [3.05, 3.63) is 279 Å². The van der Waals surface area contributed by atoms with Crippen molar-refractivity contribution in [2.45, 2.75) is 0 Å². The van der Waals surface area contributed by atoms with Crippen LogP contribution in [0.1, 0.15) is 0 Å². The van der Waals surface area contributed by atoms with Crippen LogP contribution in [0.3, 0.4) is 0 Å². The van der Waals surface area contributed by atoms with Crippen LogP contribution in [-0.2, 0) is 4.57 Å². The highest BCUT2D eigenvalue weighted by Crippen LogP contribution is 2.51. The minimum atomic E-state index is -3.20. The molecule has 0 saturated heterocycles. The van der Waals surface area contributed by atoms with E-state index in [0.29, 0.717) is 0 Å². The van der Waals surface area contributed by atoms with Gasteiger partial charge < -0.3 is 19.3 Å². The number of fused-ring (bicyclic) bond motifs is 5. The van der Waals surface area contributed by atoms with Crippen LogP contribution in [0.15, 0.2) is 279 Å². The topological polar surface area (TPSA) is 26.8 Å². The number of thiophene rings is 1. The van der Waals surface area contributed by atoms with Crippen LogP contribution >= 0.6 is 18.5 Å². The Bertz CT molecular complexity index is 3710. The van der Waals surface area contributed by atoms with Crippen molar-refractivity contribution in [1.29, 1.82) is 0 Å². The minimum Gasteiger partial charge on any atom is -0.310 e. The van der Waals surface area contributed by atoms with E-state index in [4.69, 9.17) is 0 Å². The van der Waals surface area contributed by atoms with Crippen molar-refractivity contribution in [2.75, 3.05) is 14.7 Å². The Kier molecular flexibility index (Phi) is 11.4. The number of rotatable bonds is 12. The molecule has 1 heterocycles. The van der Waals surface area contributed by atoms with Crippen LogP contribution in [0, 0.1) is 0 Å². The van der Waals surface area contributed by atoms with E-state index in [1.807, 2.05) is 72.0 Å². The molecule has 0 bridgehead atoms. The molecule has 4 nitrogen and oxygen atoms in total. The van der Waals surface area contributed by atoms with E-state index < -0.39 is 7.14 Å². The molecule has 0 aliphatic heterocycles. The van der Waals surface area contributed by atoms with Crippen molar-refractivity contribution in [3.8, 4) is 0 Å². The molecule has 0 spiro atoms. The molecule has 0 atom stereocenters. The van der Waals surface area contributed by atoms with Crippen LogP contribution < -0.4 is 30.6 Å². The second kappa shape index (κ2) is 18.6. The first kappa shape index (κ1) is 42.9. The highest BCUT2D eigenvalue weighted by atomic mass is 32.1. The fourth-order valence-corrected chi connectivity index (χ4v) is 13.7. The highest BCUT2D eigenvalue weighted by molar-refractivity contribution is 7.85. The maximum Gasteiger partial charge on any atom is 0.171 e.